The number of fused-ring (bicyclic) bond motifs is 3. The predicted octanol–water partition coefficient (Wildman–Crippen LogP) is 3.43. The number of nitrogens with zero attached hydrogens (tertiary/aromatic N) is 3. The van der Waals surface area contributed by atoms with Gasteiger partial charge in [0.25, 0.3) is 5.91 Å². The first kappa shape index (κ1) is 25.6. The van der Waals surface area contributed by atoms with Crippen molar-refractivity contribution in [3.05, 3.63) is 52.8 Å². The third kappa shape index (κ3) is 3.82. The number of carbonyl (C=O) groups is 4. The highest BCUT2D eigenvalue weighted by molar-refractivity contribution is 6.15. The molecule has 3 heterocycles. The number of anilines is 1. The van der Waals surface area contributed by atoms with Crippen LogP contribution in [-0.4, -0.2) is 65.1 Å². The summed E-state index contributed by atoms with van der Waals surface area (Å²) in [6.07, 6.45) is 0.187. The maximum absolute atomic E-state index is 13.7. The monoisotopic (exact) mass is 495 g/mol. The molecule has 2 aliphatic rings. The molecule has 192 valence electrons. The van der Waals surface area contributed by atoms with Crippen LogP contribution in [-0.2, 0) is 19.1 Å². The largest absolute Gasteiger partial charge is 0.454 e. The Kier molecular flexibility index (Phi) is 6.79. The molecule has 0 saturated carbocycles. The Balaban J connectivity index is 1.64. The molecule has 0 N–H and O–H groups in total. The molecule has 9 nitrogen and oxygen atoms in total. The summed E-state index contributed by atoms with van der Waals surface area (Å²) in [6.45, 7) is 9.35. The van der Waals surface area contributed by atoms with Crippen LogP contribution in [0.2, 0.25) is 0 Å². The highest BCUT2D eigenvalue weighted by Crippen LogP contribution is 2.46. The van der Waals surface area contributed by atoms with Crippen molar-refractivity contribution in [3.8, 4) is 0 Å². The van der Waals surface area contributed by atoms with Gasteiger partial charge in [-0.05, 0) is 52.8 Å². The fourth-order valence-corrected chi connectivity index (χ4v) is 5.75. The second-order valence-electron chi connectivity index (χ2n) is 9.79. The average molecular weight is 496 g/mol. The van der Waals surface area contributed by atoms with Crippen LogP contribution >= 0.6 is 0 Å². The normalized spacial score (nSPS) is 20.0. The molecule has 0 spiro atoms. The summed E-state index contributed by atoms with van der Waals surface area (Å²) < 4.78 is 12.9. The van der Waals surface area contributed by atoms with Crippen molar-refractivity contribution < 1.29 is 28.7 Å². The predicted molar refractivity (Wildman–Crippen MR) is 133 cm³/mol. The van der Waals surface area contributed by atoms with Crippen LogP contribution in [0.3, 0.4) is 0 Å². The van der Waals surface area contributed by atoms with Gasteiger partial charge < -0.3 is 18.9 Å². The number of methoxy groups -OCH3 is 1. The molecular formula is C27H33N3O6. The molecule has 2 aromatic rings. The van der Waals surface area contributed by atoms with Gasteiger partial charge in [-0.15, -0.1) is 0 Å². The van der Waals surface area contributed by atoms with Crippen LogP contribution in [0.15, 0.2) is 30.3 Å². The standard InChI is InChI=1S/C27H33N3O6/c1-16(2)29-25(33)20-9-7-8-10-22(20)30-24(32)11-12-27(29,30)26(34)36-15-23(31)21-13-17(3)28(19(21)5)18(4)14-35-6/h7-10,13,16,18H,11-12,14-15H2,1-6H3. The maximum atomic E-state index is 13.7. The lowest BCUT2D eigenvalue weighted by Gasteiger charge is -2.50. The van der Waals surface area contributed by atoms with E-state index in [9.17, 15) is 19.2 Å². The van der Waals surface area contributed by atoms with E-state index in [0.717, 1.165) is 11.4 Å². The minimum Gasteiger partial charge on any atom is -0.454 e. The minimum absolute atomic E-state index is 0.0315. The zero-order chi connectivity index (χ0) is 26.4. The van der Waals surface area contributed by atoms with Crippen LogP contribution in [0.1, 0.15) is 71.8 Å². The van der Waals surface area contributed by atoms with Gasteiger partial charge in [0.2, 0.25) is 17.4 Å². The summed E-state index contributed by atoms with van der Waals surface area (Å²) in [4.78, 5) is 56.2. The van der Waals surface area contributed by atoms with E-state index in [0.29, 0.717) is 23.4 Å². The van der Waals surface area contributed by atoms with Crippen molar-refractivity contribution in [2.24, 2.45) is 0 Å². The maximum Gasteiger partial charge on any atom is 0.354 e. The van der Waals surface area contributed by atoms with E-state index in [1.54, 1.807) is 51.3 Å². The summed E-state index contributed by atoms with van der Waals surface area (Å²) in [5.74, 6) is -1.73. The molecule has 0 radical (unpaired) electrons. The van der Waals surface area contributed by atoms with Gasteiger partial charge in [-0.2, -0.15) is 0 Å². The van der Waals surface area contributed by atoms with Crippen LogP contribution in [0, 0.1) is 13.8 Å². The van der Waals surface area contributed by atoms with E-state index in [1.807, 2.05) is 25.3 Å². The summed E-state index contributed by atoms with van der Waals surface area (Å²) >= 11 is 0. The Hall–Kier alpha value is -3.46. The number of amides is 2. The van der Waals surface area contributed by atoms with Gasteiger partial charge in [-0.25, -0.2) is 4.79 Å². The van der Waals surface area contributed by atoms with Crippen molar-refractivity contribution in [2.75, 3.05) is 25.2 Å². The summed E-state index contributed by atoms with van der Waals surface area (Å²) in [7, 11) is 1.63. The summed E-state index contributed by atoms with van der Waals surface area (Å²) in [5.41, 5.74) is 1.25. The third-order valence-electron chi connectivity index (χ3n) is 7.11. The first-order valence-electron chi connectivity index (χ1n) is 12.2. The Morgan fingerprint density at radius 3 is 2.47 bits per heavy atom. The van der Waals surface area contributed by atoms with Crippen molar-refractivity contribution >= 4 is 29.3 Å². The van der Waals surface area contributed by atoms with E-state index in [-0.39, 0.29) is 42.5 Å². The molecule has 1 fully saturated rings. The van der Waals surface area contributed by atoms with Crippen molar-refractivity contribution in [1.29, 1.82) is 0 Å². The molecule has 2 amide bonds. The second kappa shape index (κ2) is 9.54. The molecule has 1 aromatic heterocycles. The number of ether oxygens (including phenoxy) is 2. The fourth-order valence-electron chi connectivity index (χ4n) is 5.75. The van der Waals surface area contributed by atoms with E-state index < -0.39 is 18.2 Å². The lowest BCUT2D eigenvalue weighted by Crippen LogP contribution is -2.70. The van der Waals surface area contributed by atoms with Gasteiger partial charge in [0.1, 0.15) is 0 Å². The number of benzene rings is 1. The number of aryl methyl sites for hydroxylation is 1. The Morgan fingerprint density at radius 1 is 1.11 bits per heavy atom. The van der Waals surface area contributed by atoms with Gasteiger partial charge in [0, 0.05) is 42.9 Å². The van der Waals surface area contributed by atoms with Crippen LogP contribution in [0.4, 0.5) is 5.69 Å². The number of hydrogen-bond acceptors (Lipinski definition) is 6. The fraction of sp³-hybridized carbons (Fsp3) is 0.481. The average Bonchev–Trinajstić information content (AvgIpc) is 3.34. The molecule has 0 aliphatic carbocycles. The summed E-state index contributed by atoms with van der Waals surface area (Å²) in [5, 5.41) is 0. The van der Waals surface area contributed by atoms with Gasteiger partial charge in [-0.3, -0.25) is 19.3 Å². The molecular weight excluding hydrogens is 462 g/mol. The highest BCUT2D eigenvalue weighted by Gasteiger charge is 2.62. The quantitative estimate of drug-likeness (QED) is 0.411. The first-order valence-corrected chi connectivity index (χ1v) is 12.2. The molecule has 1 saturated heterocycles. The number of Topliss-reactive ketones (excluding diaryl/α,β-unsaturated/α-hetero) is 1. The summed E-state index contributed by atoms with van der Waals surface area (Å²) in [6, 6.07) is 8.19. The zero-order valence-corrected chi connectivity index (χ0v) is 21.7. The van der Waals surface area contributed by atoms with Gasteiger partial charge in [0.05, 0.1) is 23.9 Å². The number of carbonyl (C=O) groups excluding carboxylic acids is 4. The van der Waals surface area contributed by atoms with Gasteiger partial charge in [-0.1, -0.05) is 12.1 Å². The molecule has 2 unspecified atom stereocenters. The van der Waals surface area contributed by atoms with E-state index in [1.165, 1.54) is 9.80 Å². The van der Waals surface area contributed by atoms with Crippen LogP contribution < -0.4 is 4.90 Å². The second-order valence-corrected chi connectivity index (χ2v) is 9.79. The van der Waals surface area contributed by atoms with Crippen molar-refractivity contribution in [1.82, 2.24) is 9.47 Å². The molecule has 36 heavy (non-hydrogen) atoms. The van der Waals surface area contributed by atoms with E-state index in [4.69, 9.17) is 9.47 Å². The zero-order valence-electron chi connectivity index (χ0n) is 21.7. The van der Waals surface area contributed by atoms with Gasteiger partial charge >= 0.3 is 5.97 Å². The molecule has 0 bridgehead atoms. The van der Waals surface area contributed by atoms with Crippen molar-refractivity contribution in [2.45, 2.75) is 65.2 Å². The number of para-hydroxylation sites is 1. The SMILES string of the molecule is COCC(C)n1c(C)cc(C(=O)COC(=O)C23CCC(=O)N2c2ccccc2C(=O)N3C(C)C)c1C. The lowest BCUT2D eigenvalue weighted by atomic mass is 9.95. The number of hydrogen-bond donors (Lipinski definition) is 0. The Bertz CT molecular complexity index is 1230. The molecule has 1 aromatic carbocycles. The van der Waals surface area contributed by atoms with Crippen molar-refractivity contribution in [3.63, 3.8) is 0 Å². The van der Waals surface area contributed by atoms with Gasteiger partial charge in [0.15, 0.2) is 6.61 Å². The molecule has 2 aliphatic heterocycles. The minimum atomic E-state index is -1.62. The number of aromatic nitrogens is 1. The Morgan fingerprint density at radius 2 is 1.81 bits per heavy atom. The first-order chi connectivity index (χ1) is 17.1. The highest BCUT2D eigenvalue weighted by atomic mass is 16.5. The number of ketones is 1. The van der Waals surface area contributed by atoms with Crippen LogP contribution in [0.5, 0.6) is 0 Å². The molecule has 2 atom stereocenters. The topological polar surface area (TPSA) is 98.1 Å². The van der Waals surface area contributed by atoms with Crippen LogP contribution in [0.25, 0.3) is 0 Å². The smallest absolute Gasteiger partial charge is 0.354 e. The number of rotatable bonds is 8. The molecule has 4 rings (SSSR count). The number of esters is 1. The third-order valence-corrected chi connectivity index (χ3v) is 7.11. The van der Waals surface area contributed by atoms with E-state index in [2.05, 4.69) is 0 Å². The van der Waals surface area contributed by atoms with E-state index >= 15 is 0 Å². The lowest BCUT2D eigenvalue weighted by molar-refractivity contribution is -0.157. The Labute approximate surface area is 210 Å². The molecule has 9 heteroatoms.